The number of imide groups is 1. The summed E-state index contributed by atoms with van der Waals surface area (Å²) in [5, 5.41) is 31.4. The third-order valence-corrected chi connectivity index (χ3v) is 18.5. The lowest BCUT2D eigenvalue weighted by atomic mass is 9.63. The summed E-state index contributed by atoms with van der Waals surface area (Å²) in [5.41, 5.74) is 3.85. The number of fused-ring (bicyclic) bond motifs is 1. The predicted molar refractivity (Wildman–Crippen MR) is 408 cm³/mol. The third kappa shape index (κ3) is 35.7. The fourth-order valence-electron chi connectivity index (χ4n) is 12.6. The maximum absolute atomic E-state index is 14.3. The number of benzene rings is 3. The Morgan fingerprint density at radius 3 is 1.52 bits per heavy atom. The first-order valence-electron chi connectivity index (χ1n) is 38.8. The van der Waals surface area contributed by atoms with E-state index < -0.39 is 90.3 Å². The molecule has 0 bridgehead atoms. The molecule has 2 aliphatic heterocycles. The van der Waals surface area contributed by atoms with E-state index in [2.05, 4.69) is 42.5 Å². The van der Waals surface area contributed by atoms with Crippen molar-refractivity contribution in [3.63, 3.8) is 0 Å². The highest BCUT2D eigenvalue weighted by Gasteiger charge is 2.54. The average Bonchev–Trinajstić information content (AvgIpc) is 1.55. The molecule has 9 N–H and O–H groups in total. The zero-order valence-corrected chi connectivity index (χ0v) is 64.9. The van der Waals surface area contributed by atoms with Crippen molar-refractivity contribution in [3.8, 4) is 5.75 Å². The van der Waals surface area contributed by atoms with E-state index in [4.69, 9.17) is 61.6 Å². The van der Waals surface area contributed by atoms with Gasteiger partial charge in [0, 0.05) is 57.3 Å². The van der Waals surface area contributed by atoms with Crippen LogP contribution in [0.1, 0.15) is 105 Å². The van der Waals surface area contributed by atoms with Gasteiger partial charge >= 0.3 is 0 Å². The van der Waals surface area contributed by atoms with Gasteiger partial charge < -0.3 is 109 Å². The smallest absolute Gasteiger partial charge is 0.253 e. The fourth-order valence-corrected chi connectivity index (χ4v) is 12.6. The van der Waals surface area contributed by atoms with Crippen molar-refractivity contribution in [3.05, 3.63) is 107 Å². The number of carbonyl (C=O) groups is 10. The van der Waals surface area contributed by atoms with Gasteiger partial charge in [-0.1, -0.05) is 86.7 Å². The topological polar surface area (TPSA) is 410 Å². The molecule has 3 aliphatic rings. The number of ether oxygens (including phenoxy) is 13. The van der Waals surface area contributed by atoms with Crippen molar-refractivity contribution >= 4 is 64.8 Å². The van der Waals surface area contributed by atoms with E-state index in [1.165, 1.54) is 12.2 Å². The van der Waals surface area contributed by atoms with Gasteiger partial charge in [-0.2, -0.15) is 0 Å². The lowest BCUT2D eigenvalue weighted by Crippen LogP contribution is -2.52. The number of carbonyl (C=O) groups excluding carboxylic acids is 10. The zero-order chi connectivity index (χ0) is 80.1. The van der Waals surface area contributed by atoms with Crippen molar-refractivity contribution < 1.29 is 115 Å². The number of hydrogen-bond acceptors (Lipinski definition) is 24. The van der Waals surface area contributed by atoms with Crippen LogP contribution in [0.15, 0.2) is 78.9 Å². The van der Waals surface area contributed by atoms with Gasteiger partial charge in [-0.05, 0) is 84.9 Å². The lowest BCUT2D eigenvalue weighted by molar-refractivity contribution is -0.137. The van der Waals surface area contributed by atoms with Crippen LogP contribution in [0.25, 0.3) is 0 Å². The van der Waals surface area contributed by atoms with E-state index in [1.54, 1.807) is 49.6 Å². The Balaban J connectivity index is 0.806. The van der Waals surface area contributed by atoms with Crippen molar-refractivity contribution in [2.24, 2.45) is 5.92 Å². The summed E-state index contributed by atoms with van der Waals surface area (Å²) in [6.45, 7) is 10.0. The molecule has 622 valence electrons. The monoisotopic (exact) mass is 1580 g/mol. The van der Waals surface area contributed by atoms with Gasteiger partial charge in [-0.15, -0.1) is 0 Å². The molecule has 6 rings (SSSR count). The lowest BCUT2D eigenvalue weighted by Gasteiger charge is -2.36. The number of amides is 10. The van der Waals surface area contributed by atoms with Crippen molar-refractivity contribution in [1.29, 1.82) is 0 Å². The van der Waals surface area contributed by atoms with E-state index in [-0.39, 0.29) is 89.5 Å². The standard InChI is InChI=1S/C79H117N9O24/c1-59-61(18-23-65-75(59)87-78(99)79(65,62-15-9-3-4-10-16-62)63-19-21-64(89)22-20-63)57-112-58-84-71(93)55-83-77(98)67(53-60-13-7-5-8-14-60)86-72(94)56-82-70(92)54-81-68(90)25-24-66(85-69(91)17-11-6-12-29-88-73(95)26-27-74(88)96)76(97)80-28-30-101-33-34-103-37-38-105-41-42-107-45-46-109-49-50-111-52-51-110-48-47-108-44-43-106-40-39-104-36-35-102-32-31-100-2/h5,7-8,13-14,18-23,26-27,62,66-67,89H,3-4,6,9-12,15-17,24-25,28-58H2,1-2H3,(H,80,97)(H,81,90)(H,82,92)(H,83,98)(H,84,93)(H,85,91)(H,86,94)(H,87,99)/t66-,67-,79-/m0/s1. The number of phenols is 1. The Labute approximate surface area is 655 Å². The number of hydrogen-bond donors (Lipinski definition) is 9. The summed E-state index contributed by atoms with van der Waals surface area (Å²) in [7, 11) is 1.63. The molecule has 0 radical (unpaired) electrons. The predicted octanol–water partition coefficient (Wildman–Crippen LogP) is 2.27. The van der Waals surface area contributed by atoms with Gasteiger partial charge in [0.15, 0.2) is 0 Å². The maximum atomic E-state index is 14.3. The molecule has 0 saturated heterocycles. The molecule has 1 saturated carbocycles. The number of aromatic hydroxyl groups is 1. The van der Waals surface area contributed by atoms with Gasteiger partial charge in [0.25, 0.3) is 11.8 Å². The molecular formula is C79H117N9O24. The number of unbranched alkanes of at least 4 members (excludes halogenated alkanes) is 2. The average molecular weight is 1580 g/mol. The molecule has 0 aromatic heterocycles. The Morgan fingerprint density at radius 2 is 0.973 bits per heavy atom. The zero-order valence-electron chi connectivity index (χ0n) is 64.9. The van der Waals surface area contributed by atoms with Crippen molar-refractivity contribution in [2.45, 2.75) is 114 Å². The summed E-state index contributed by atoms with van der Waals surface area (Å²) in [6.07, 6.45) is 9.43. The molecule has 0 unspecified atom stereocenters. The number of methoxy groups -OCH3 is 1. The maximum Gasteiger partial charge on any atom is 0.253 e. The summed E-state index contributed by atoms with van der Waals surface area (Å²) in [5.74, 6) is -5.15. The minimum Gasteiger partial charge on any atom is -0.508 e. The second-order valence-electron chi connectivity index (χ2n) is 26.6. The van der Waals surface area contributed by atoms with Gasteiger partial charge in [0.05, 0.1) is 178 Å². The van der Waals surface area contributed by atoms with E-state index in [0.29, 0.717) is 157 Å². The first-order chi connectivity index (χ1) is 54.6. The number of nitrogens with one attached hydrogen (secondary N) is 8. The molecule has 33 heteroatoms. The highest BCUT2D eigenvalue weighted by Crippen LogP contribution is 2.53. The SMILES string of the molecule is COCCOCCOCCOCCOCCOCCOCCOCCOCCOCCOCCOCCNC(=O)[C@H](CCC(=O)NCC(=O)NCC(=O)N[C@@H](Cc1ccccc1)C(=O)NCC(=O)NCOCc1ccc2c(c1C)NC(=O)[C@]2(c1ccc(O)cc1)C1CCCCCC1)NC(=O)CCCCCN1C(=O)C=CC1=O. The van der Waals surface area contributed by atoms with Crippen LogP contribution in [-0.4, -0.2) is 280 Å². The molecule has 112 heavy (non-hydrogen) atoms. The van der Waals surface area contributed by atoms with Crippen LogP contribution in [0.4, 0.5) is 5.69 Å². The van der Waals surface area contributed by atoms with Crippen molar-refractivity contribution in [1.82, 2.24) is 42.1 Å². The molecule has 3 aromatic carbocycles. The number of phenolic OH excluding ortho intramolecular Hbond substituents is 1. The minimum absolute atomic E-state index is 0.0154. The molecule has 3 aromatic rings. The quantitative estimate of drug-likeness (QED) is 0.0169. The molecule has 10 amide bonds. The molecule has 3 atom stereocenters. The van der Waals surface area contributed by atoms with Crippen LogP contribution in [0.3, 0.4) is 0 Å². The highest BCUT2D eigenvalue weighted by atomic mass is 16.6. The minimum atomic E-state index is -1.17. The van der Waals surface area contributed by atoms with Gasteiger partial charge in [0.2, 0.25) is 47.3 Å². The number of anilines is 1. The number of nitrogens with zero attached hydrogens (tertiary/aromatic N) is 1. The normalized spacial score (nSPS) is 15.3. The van der Waals surface area contributed by atoms with Crippen LogP contribution in [0.2, 0.25) is 0 Å². The second kappa shape index (κ2) is 55.9. The summed E-state index contributed by atoms with van der Waals surface area (Å²) < 4.78 is 71.3. The number of rotatable bonds is 63. The first kappa shape index (κ1) is 92.4. The van der Waals surface area contributed by atoms with Crippen LogP contribution in [0, 0.1) is 12.8 Å². The van der Waals surface area contributed by atoms with E-state index in [9.17, 15) is 53.1 Å². The summed E-state index contributed by atoms with van der Waals surface area (Å²) >= 11 is 0. The molecule has 0 spiro atoms. The molecular weight excluding hydrogens is 1460 g/mol. The van der Waals surface area contributed by atoms with Crippen LogP contribution in [0.5, 0.6) is 5.75 Å². The van der Waals surface area contributed by atoms with Crippen LogP contribution >= 0.6 is 0 Å². The van der Waals surface area contributed by atoms with Crippen LogP contribution in [-0.2, 0) is 128 Å². The van der Waals surface area contributed by atoms with E-state index in [0.717, 1.165) is 71.4 Å². The summed E-state index contributed by atoms with van der Waals surface area (Å²) in [4.78, 5) is 132. The van der Waals surface area contributed by atoms with Crippen molar-refractivity contribution in [2.75, 3.05) is 204 Å². The van der Waals surface area contributed by atoms with Gasteiger partial charge in [-0.25, -0.2) is 0 Å². The Kier molecular flexibility index (Phi) is 46.2. The van der Waals surface area contributed by atoms with E-state index >= 15 is 0 Å². The molecule has 1 fully saturated rings. The summed E-state index contributed by atoms with van der Waals surface area (Å²) in [6, 6.07) is 17.3. The van der Waals surface area contributed by atoms with E-state index in [1.807, 2.05) is 31.2 Å². The van der Waals surface area contributed by atoms with Crippen LogP contribution < -0.4 is 42.5 Å². The van der Waals surface area contributed by atoms with Gasteiger partial charge in [0.1, 0.15) is 30.0 Å². The fraction of sp³-hybridized carbons (Fsp3) is 0.620. The molecule has 2 heterocycles. The molecule has 33 nitrogen and oxygen atoms in total. The molecule has 1 aliphatic carbocycles. The largest absolute Gasteiger partial charge is 0.508 e. The Hall–Kier alpha value is -8.42. The van der Waals surface area contributed by atoms with Gasteiger partial charge in [-0.3, -0.25) is 52.8 Å². The third-order valence-electron chi connectivity index (χ3n) is 18.5. The Bertz CT molecular complexity index is 3310. The highest BCUT2D eigenvalue weighted by molar-refractivity contribution is 6.13. The first-order valence-corrected chi connectivity index (χ1v) is 38.8. The second-order valence-corrected chi connectivity index (χ2v) is 26.6. The Morgan fingerprint density at radius 1 is 0.491 bits per heavy atom.